The zero-order valence-corrected chi connectivity index (χ0v) is 12.9. The molecule has 0 atom stereocenters. The van der Waals surface area contributed by atoms with Gasteiger partial charge in [0, 0.05) is 26.3 Å². The Morgan fingerprint density at radius 3 is 2.80 bits per heavy atom. The minimum absolute atomic E-state index is 0.623. The van der Waals surface area contributed by atoms with E-state index in [4.69, 9.17) is 12.2 Å². The molecule has 108 valence electrons. The van der Waals surface area contributed by atoms with Crippen molar-refractivity contribution in [2.75, 3.05) is 11.9 Å². The van der Waals surface area contributed by atoms with Crippen molar-refractivity contribution in [3.05, 3.63) is 29.8 Å². The van der Waals surface area contributed by atoms with Crippen molar-refractivity contribution in [1.29, 1.82) is 0 Å². The van der Waals surface area contributed by atoms with E-state index in [0.717, 1.165) is 36.6 Å². The van der Waals surface area contributed by atoms with Crippen LogP contribution in [0.2, 0.25) is 0 Å². The van der Waals surface area contributed by atoms with Gasteiger partial charge in [-0.25, -0.2) is 0 Å². The summed E-state index contributed by atoms with van der Waals surface area (Å²) in [6.45, 7) is 5.68. The number of anilines is 1. The molecule has 0 radical (unpaired) electrons. The van der Waals surface area contributed by atoms with E-state index < -0.39 is 0 Å². The lowest BCUT2D eigenvalue weighted by atomic mass is 10.4. The SMILES string of the molecule is Cc1ccn(CCCNC(=S)Nc2cnn(C)c2C)n1. The Labute approximate surface area is 124 Å². The summed E-state index contributed by atoms with van der Waals surface area (Å²) in [5.41, 5.74) is 3.04. The Kier molecular flexibility index (Phi) is 4.73. The van der Waals surface area contributed by atoms with Crippen LogP contribution in [0.4, 0.5) is 5.69 Å². The molecule has 6 nitrogen and oxygen atoms in total. The van der Waals surface area contributed by atoms with E-state index in [0.29, 0.717) is 5.11 Å². The van der Waals surface area contributed by atoms with Crippen LogP contribution in [0, 0.1) is 13.8 Å². The topological polar surface area (TPSA) is 59.7 Å². The fourth-order valence-electron chi connectivity index (χ4n) is 1.82. The predicted molar refractivity (Wildman–Crippen MR) is 83.7 cm³/mol. The minimum atomic E-state index is 0.623. The Bertz CT molecular complexity index is 585. The molecule has 0 amide bonds. The van der Waals surface area contributed by atoms with E-state index in [9.17, 15) is 0 Å². The van der Waals surface area contributed by atoms with Crippen LogP contribution in [0.1, 0.15) is 17.8 Å². The number of hydrogen-bond donors (Lipinski definition) is 2. The van der Waals surface area contributed by atoms with Crippen LogP contribution in [-0.4, -0.2) is 31.2 Å². The van der Waals surface area contributed by atoms with Gasteiger partial charge >= 0.3 is 0 Å². The first-order valence-corrected chi connectivity index (χ1v) is 7.00. The van der Waals surface area contributed by atoms with Crippen molar-refractivity contribution in [2.45, 2.75) is 26.8 Å². The van der Waals surface area contributed by atoms with E-state index in [-0.39, 0.29) is 0 Å². The molecule has 0 spiro atoms. The largest absolute Gasteiger partial charge is 0.362 e. The first-order valence-electron chi connectivity index (χ1n) is 6.60. The fraction of sp³-hybridized carbons (Fsp3) is 0.462. The highest BCUT2D eigenvalue weighted by Crippen LogP contribution is 2.11. The van der Waals surface area contributed by atoms with E-state index in [1.165, 1.54) is 0 Å². The summed E-state index contributed by atoms with van der Waals surface area (Å²) in [5, 5.41) is 15.5. The van der Waals surface area contributed by atoms with Gasteiger partial charge in [0.25, 0.3) is 0 Å². The van der Waals surface area contributed by atoms with Gasteiger partial charge in [0.05, 0.1) is 23.3 Å². The third kappa shape index (κ3) is 3.80. The van der Waals surface area contributed by atoms with Crippen molar-refractivity contribution in [3.8, 4) is 0 Å². The standard InChI is InChI=1S/C13H20N6S/c1-10-5-8-19(17-10)7-4-6-14-13(20)16-12-9-15-18(3)11(12)2/h5,8-9H,4,6-7H2,1-3H3,(H2,14,16,20). The summed E-state index contributed by atoms with van der Waals surface area (Å²) in [4.78, 5) is 0. The molecular formula is C13H20N6S. The van der Waals surface area contributed by atoms with Crippen LogP contribution in [0.5, 0.6) is 0 Å². The maximum absolute atomic E-state index is 5.26. The molecule has 7 heteroatoms. The summed E-state index contributed by atoms with van der Waals surface area (Å²) in [6.07, 6.45) is 4.73. The number of rotatable bonds is 5. The van der Waals surface area contributed by atoms with Gasteiger partial charge in [0.15, 0.2) is 5.11 Å². The number of nitrogens with one attached hydrogen (secondary N) is 2. The number of aryl methyl sites for hydroxylation is 3. The van der Waals surface area contributed by atoms with Crippen molar-refractivity contribution in [3.63, 3.8) is 0 Å². The number of aromatic nitrogens is 4. The molecular weight excluding hydrogens is 272 g/mol. The summed E-state index contributed by atoms with van der Waals surface area (Å²) in [6, 6.07) is 2.00. The van der Waals surface area contributed by atoms with Gasteiger partial charge in [-0.15, -0.1) is 0 Å². The fourth-order valence-corrected chi connectivity index (χ4v) is 2.03. The maximum atomic E-state index is 5.26. The summed E-state index contributed by atoms with van der Waals surface area (Å²) < 4.78 is 3.75. The predicted octanol–water partition coefficient (Wildman–Crippen LogP) is 1.61. The lowest BCUT2D eigenvalue weighted by Gasteiger charge is -2.10. The van der Waals surface area contributed by atoms with E-state index in [1.54, 1.807) is 6.20 Å². The molecule has 2 aromatic heterocycles. The smallest absolute Gasteiger partial charge is 0.170 e. The zero-order chi connectivity index (χ0) is 14.5. The van der Waals surface area contributed by atoms with Crippen LogP contribution in [0.25, 0.3) is 0 Å². The van der Waals surface area contributed by atoms with Gasteiger partial charge in [-0.1, -0.05) is 0 Å². The molecule has 2 rings (SSSR count). The minimum Gasteiger partial charge on any atom is -0.362 e. The highest BCUT2D eigenvalue weighted by molar-refractivity contribution is 7.80. The molecule has 20 heavy (non-hydrogen) atoms. The maximum Gasteiger partial charge on any atom is 0.170 e. The molecule has 0 saturated carbocycles. The second-order valence-electron chi connectivity index (χ2n) is 4.72. The second-order valence-corrected chi connectivity index (χ2v) is 5.13. The van der Waals surface area contributed by atoms with Crippen molar-refractivity contribution in [1.82, 2.24) is 24.9 Å². The summed E-state index contributed by atoms with van der Waals surface area (Å²) in [5.74, 6) is 0. The molecule has 0 saturated heterocycles. The van der Waals surface area contributed by atoms with Gasteiger partial charge < -0.3 is 10.6 Å². The Balaban J connectivity index is 1.69. The molecule has 0 bridgehead atoms. The highest BCUT2D eigenvalue weighted by atomic mass is 32.1. The molecule has 0 unspecified atom stereocenters. The first kappa shape index (κ1) is 14.5. The zero-order valence-electron chi connectivity index (χ0n) is 12.1. The highest BCUT2D eigenvalue weighted by Gasteiger charge is 2.04. The Morgan fingerprint density at radius 2 is 2.20 bits per heavy atom. The lowest BCUT2D eigenvalue weighted by Crippen LogP contribution is -2.30. The van der Waals surface area contributed by atoms with Crippen molar-refractivity contribution < 1.29 is 0 Å². The van der Waals surface area contributed by atoms with Gasteiger partial charge in [-0.3, -0.25) is 9.36 Å². The third-order valence-electron chi connectivity index (χ3n) is 3.11. The van der Waals surface area contributed by atoms with Gasteiger partial charge in [0.1, 0.15) is 0 Å². The van der Waals surface area contributed by atoms with E-state index in [1.807, 2.05) is 42.5 Å². The molecule has 0 aliphatic heterocycles. The van der Waals surface area contributed by atoms with Crippen molar-refractivity contribution in [2.24, 2.45) is 7.05 Å². The first-order chi connectivity index (χ1) is 9.56. The molecule has 0 aromatic carbocycles. The third-order valence-corrected chi connectivity index (χ3v) is 3.35. The Hall–Kier alpha value is -1.89. The van der Waals surface area contributed by atoms with Gasteiger partial charge in [-0.2, -0.15) is 10.2 Å². The molecule has 0 aliphatic carbocycles. The normalized spacial score (nSPS) is 10.6. The second kappa shape index (κ2) is 6.51. The van der Waals surface area contributed by atoms with Gasteiger partial charge in [-0.05, 0) is 38.6 Å². The average Bonchev–Trinajstić information content (AvgIpc) is 2.96. The van der Waals surface area contributed by atoms with Crippen LogP contribution in [0.15, 0.2) is 18.5 Å². The van der Waals surface area contributed by atoms with E-state index >= 15 is 0 Å². The molecule has 2 heterocycles. The number of thiocarbonyl (C=S) groups is 1. The number of nitrogens with zero attached hydrogens (tertiary/aromatic N) is 4. The van der Waals surface area contributed by atoms with Crippen LogP contribution in [0.3, 0.4) is 0 Å². The van der Waals surface area contributed by atoms with Gasteiger partial charge in [0.2, 0.25) is 0 Å². The Morgan fingerprint density at radius 1 is 1.40 bits per heavy atom. The van der Waals surface area contributed by atoms with Crippen LogP contribution in [-0.2, 0) is 13.6 Å². The monoisotopic (exact) mass is 292 g/mol. The van der Waals surface area contributed by atoms with E-state index in [2.05, 4.69) is 20.8 Å². The van der Waals surface area contributed by atoms with Crippen LogP contribution < -0.4 is 10.6 Å². The molecule has 2 aromatic rings. The van der Waals surface area contributed by atoms with Crippen molar-refractivity contribution >= 4 is 23.0 Å². The molecule has 0 aliphatic rings. The average molecular weight is 292 g/mol. The summed E-state index contributed by atoms with van der Waals surface area (Å²) >= 11 is 5.26. The number of hydrogen-bond acceptors (Lipinski definition) is 3. The van der Waals surface area contributed by atoms with Crippen LogP contribution >= 0.6 is 12.2 Å². The quantitative estimate of drug-likeness (QED) is 0.648. The molecule has 2 N–H and O–H groups in total. The summed E-state index contributed by atoms with van der Waals surface area (Å²) in [7, 11) is 1.91. The molecule has 0 fully saturated rings. The lowest BCUT2D eigenvalue weighted by molar-refractivity contribution is 0.570.